The van der Waals surface area contributed by atoms with Crippen LogP contribution in [0.4, 0.5) is 22.7 Å². The summed E-state index contributed by atoms with van der Waals surface area (Å²) in [5.41, 5.74) is 1.82. The summed E-state index contributed by atoms with van der Waals surface area (Å²) in [7, 11) is 0. The molecule has 0 aliphatic rings. The highest BCUT2D eigenvalue weighted by atomic mass is 16.6. The van der Waals surface area contributed by atoms with Gasteiger partial charge in [-0.05, 0) is 36.4 Å². The second kappa shape index (κ2) is 6.38. The largest absolute Gasteiger partial charge is 0.326 e. The molecule has 0 fully saturated rings. The van der Waals surface area contributed by atoms with Gasteiger partial charge in [-0.25, -0.2) is 0 Å². The van der Waals surface area contributed by atoms with Gasteiger partial charge in [-0.3, -0.25) is 14.9 Å². The highest BCUT2D eigenvalue weighted by molar-refractivity contribution is 5.88. The zero-order chi connectivity index (χ0) is 15.2. The van der Waals surface area contributed by atoms with Gasteiger partial charge in [-0.15, -0.1) is 0 Å². The highest BCUT2D eigenvalue weighted by Crippen LogP contribution is 2.22. The molecule has 106 valence electrons. The Morgan fingerprint density at radius 2 is 1.48 bits per heavy atom. The maximum Gasteiger partial charge on any atom is 0.269 e. The lowest BCUT2D eigenvalue weighted by Gasteiger charge is -2.00. The van der Waals surface area contributed by atoms with E-state index in [9.17, 15) is 14.9 Å². The minimum atomic E-state index is -0.471. The van der Waals surface area contributed by atoms with Crippen molar-refractivity contribution >= 4 is 28.7 Å². The minimum absolute atomic E-state index is 0.00797. The van der Waals surface area contributed by atoms with Crippen LogP contribution in [-0.4, -0.2) is 10.8 Å². The summed E-state index contributed by atoms with van der Waals surface area (Å²) in [6.07, 6.45) is 0. The van der Waals surface area contributed by atoms with Crippen LogP contribution in [0.5, 0.6) is 0 Å². The molecule has 0 atom stereocenters. The Hall–Kier alpha value is -3.09. The minimum Gasteiger partial charge on any atom is -0.326 e. The van der Waals surface area contributed by atoms with Crippen molar-refractivity contribution in [2.45, 2.75) is 6.92 Å². The summed E-state index contributed by atoms with van der Waals surface area (Å²) in [4.78, 5) is 20.9. The van der Waals surface area contributed by atoms with Gasteiger partial charge in [-0.2, -0.15) is 10.2 Å². The normalized spacial score (nSPS) is 10.5. The molecule has 7 nitrogen and oxygen atoms in total. The van der Waals surface area contributed by atoms with Crippen LogP contribution in [0.2, 0.25) is 0 Å². The van der Waals surface area contributed by atoms with Gasteiger partial charge < -0.3 is 5.32 Å². The lowest BCUT2D eigenvalue weighted by Crippen LogP contribution is -2.04. The van der Waals surface area contributed by atoms with E-state index in [1.165, 1.54) is 31.2 Å². The monoisotopic (exact) mass is 284 g/mol. The van der Waals surface area contributed by atoms with Crippen molar-refractivity contribution in [3.8, 4) is 0 Å². The first kappa shape index (κ1) is 14.3. The number of non-ortho nitro benzene ring substituents is 1. The van der Waals surface area contributed by atoms with Gasteiger partial charge in [0.15, 0.2) is 0 Å². The number of nitro benzene ring substituents is 1. The Balaban J connectivity index is 2.06. The molecule has 0 aliphatic carbocycles. The fraction of sp³-hybridized carbons (Fsp3) is 0.0714. The predicted molar refractivity (Wildman–Crippen MR) is 78.0 cm³/mol. The zero-order valence-corrected chi connectivity index (χ0v) is 11.2. The molecule has 1 N–H and O–H groups in total. The number of amides is 1. The molecular formula is C14H12N4O3. The summed E-state index contributed by atoms with van der Waals surface area (Å²) in [5.74, 6) is -0.143. The topological polar surface area (TPSA) is 97.0 Å². The molecular weight excluding hydrogens is 272 g/mol. The van der Waals surface area contributed by atoms with E-state index in [4.69, 9.17) is 0 Å². The Kier molecular flexibility index (Phi) is 4.35. The number of azo groups is 1. The van der Waals surface area contributed by atoms with Crippen molar-refractivity contribution in [2.75, 3.05) is 5.32 Å². The van der Waals surface area contributed by atoms with Crippen LogP contribution < -0.4 is 5.32 Å². The number of benzene rings is 2. The smallest absolute Gasteiger partial charge is 0.269 e. The van der Waals surface area contributed by atoms with E-state index in [2.05, 4.69) is 15.5 Å². The van der Waals surface area contributed by atoms with Gasteiger partial charge in [-0.1, -0.05) is 0 Å². The summed E-state index contributed by atoms with van der Waals surface area (Å²) in [6.45, 7) is 1.43. The highest BCUT2D eigenvalue weighted by Gasteiger charge is 2.03. The molecule has 2 aromatic rings. The number of nitro groups is 1. The second-order valence-electron chi connectivity index (χ2n) is 4.20. The quantitative estimate of drug-likeness (QED) is 0.522. The van der Waals surface area contributed by atoms with Gasteiger partial charge in [0.1, 0.15) is 0 Å². The summed E-state index contributed by atoms with van der Waals surface area (Å²) >= 11 is 0. The van der Waals surface area contributed by atoms with Crippen LogP contribution in [0.3, 0.4) is 0 Å². The number of carbonyl (C=O) groups is 1. The molecule has 2 rings (SSSR count). The molecule has 0 heterocycles. The molecule has 7 heteroatoms. The van der Waals surface area contributed by atoms with Crippen molar-refractivity contribution in [3.05, 3.63) is 58.6 Å². The number of carbonyl (C=O) groups excluding carboxylic acids is 1. The molecule has 2 aromatic carbocycles. The average Bonchev–Trinajstić information content (AvgIpc) is 2.46. The lowest BCUT2D eigenvalue weighted by atomic mass is 10.3. The first-order valence-electron chi connectivity index (χ1n) is 6.08. The fourth-order valence-electron chi connectivity index (χ4n) is 1.57. The molecule has 0 radical (unpaired) electrons. The zero-order valence-electron chi connectivity index (χ0n) is 11.2. The van der Waals surface area contributed by atoms with E-state index < -0.39 is 4.92 Å². The van der Waals surface area contributed by atoms with Crippen LogP contribution in [0.15, 0.2) is 58.8 Å². The van der Waals surface area contributed by atoms with Crippen LogP contribution in [0.25, 0.3) is 0 Å². The van der Waals surface area contributed by atoms with Crippen molar-refractivity contribution in [1.82, 2.24) is 0 Å². The Bertz CT molecular complexity index is 678. The average molecular weight is 284 g/mol. The van der Waals surface area contributed by atoms with Crippen molar-refractivity contribution in [3.63, 3.8) is 0 Å². The van der Waals surface area contributed by atoms with Crippen molar-refractivity contribution < 1.29 is 9.72 Å². The molecule has 0 aromatic heterocycles. The SMILES string of the molecule is CC(=O)Nc1ccc(N=Nc2ccc([N+](=O)[O-])cc2)cc1. The van der Waals surface area contributed by atoms with Gasteiger partial charge in [0.05, 0.1) is 16.3 Å². The Morgan fingerprint density at radius 3 is 1.90 bits per heavy atom. The van der Waals surface area contributed by atoms with E-state index >= 15 is 0 Å². The Labute approximate surface area is 120 Å². The van der Waals surface area contributed by atoms with Crippen LogP contribution in [0.1, 0.15) is 6.92 Å². The molecule has 0 bridgehead atoms. The van der Waals surface area contributed by atoms with E-state index in [-0.39, 0.29) is 11.6 Å². The van der Waals surface area contributed by atoms with E-state index in [0.717, 1.165) is 0 Å². The number of nitrogens with one attached hydrogen (secondary N) is 1. The van der Waals surface area contributed by atoms with E-state index in [1.54, 1.807) is 24.3 Å². The van der Waals surface area contributed by atoms with Crippen molar-refractivity contribution in [2.24, 2.45) is 10.2 Å². The molecule has 0 aliphatic heterocycles. The predicted octanol–water partition coefficient (Wildman–Crippen LogP) is 3.97. The van der Waals surface area contributed by atoms with Gasteiger partial charge in [0, 0.05) is 24.7 Å². The second-order valence-corrected chi connectivity index (χ2v) is 4.20. The third kappa shape index (κ3) is 4.20. The molecule has 0 saturated carbocycles. The number of anilines is 1. The molecule has 21 heavy (non-hydrogen) atoms. The van der Waals surface area contributed by atoms with Crippen LogP contribution in [-0.2, 0) is 4.79 Å². The molecule has 1 amide bonds. The lowest BCUT2D eigenvalue weighted by molar-refractivity contribution is -0.384. The molecule has 0 saturated heterocycles. The first-order chi connectivity index (χ1) is 10.0. The molecule has 0 spiro atoms. The number of nitrogens with zero attached hydrogens (tertiary/aromatic N) is 3. The van der Waals surface area contributed by atoms with Gasteiger partial charge >= 0.3 is 0 Å². The van der Waals surface area contributed by atoms with Crippen LogP contribution >= 0.6 is 0 Å². The summed E-state index contributed by atoms with van der Waals surface area (Å²) in [6, 6.07) is 12.6. The summed E-state index contributed by atoms with van der Waals surface area (Å²) in [5, 5.41) is 21.2. The van der Waals surface area contributed by atoms with Crippen LogP contribution in [0, 0.1) is 10.1 Å². The van der Waals surface area contributed by atoms with Crippen molar-refractivity contribution in [1.29, 1.82) is 0 Å². The van der Waals surface area contributed by atoms with E-state index in [0.29, 0.717) is 17.1 Å². The molecule has 0 unspecified atom stereocenters. The van der Waals surface area contributed by atoms with E-state index in [1.807, 2.05) is 0 Å². The summed E-state index contributed by atoms with van der Waals surface area (Å²) < 4.78 is 0. The number of hydrogen-bond acceptors (Lipinski definition) is 5. The van der Waals surface area contributed by atoms with Gasteiger partial charge in [0.2, 0.25) is 5.91 Å². The maximum atomic E-state index is 10.9. The number of rotatable bonds is 4. The standard InChI is InChI=1S/C14H12N4O3/c1-10(19)15-11-2-4-12(5-3-11)16-17-13-6-8-14(9-7-13)18(20)21/h2-9H,1H3,(H,15,19). The first-order valence-corrected chi connectivity index (χ1v) is 6.08. The third-order valence-electron chi connectivity index (χ3n) is 2.53. The number of hydrogen-bond donors (Lipinski definition) is 1. The Morgan fingerprint density at radius 1 is 1.00 bits per heavy atom. The van der Waals surface area contributed by atoms with Gasteiger partial charge in [0.25, 0.3) is 5.69 Å². The fourth-order valence-corrected chi connectivity index (χ4v) is 1.57. The maximum absolute atomic E-state index is 10.9. The third-order valence-corrected chi connectivity index (χ3v) is 2.53.